The number of aryl methyl sites for hydroxylation is 1. The molecule has 0 atom stereocenters. The van der Waals surface area contributed by atoms with E-state index >= 15 is 0 Å². The van der Waals surface area contributed by atoms with Crippen molar-refractivity contribution in [2.45, 2.75) is 13.8 Å². The number of carbonyl (C=O) groups is 1. The molecule has 0 saturated heterocycles. The van der Waals surface area contributed by atoms with Crippen molar-refractivity contribution in [2.24, 2.45) is 0 Å². The number of H-pyrrole nitrogens is 1. The Hall–Kier alpha value is -1.62. The molecule has 1 amide bonds. The Morgan fingerprint density at radius 3 is 2.87 bits per heavy atom. The third-order valence-corrected chi connectivity index (χ3v) is 2.95. The molecule has 15 heavy (non-hydrogen) atoms. The molecule has 0 spiro atoms. The van der Waals surface area contributed by atoms with Crippen molar-refractivity contribution < 1.29 is 4.79 Å². The van der Waals surface area contributed by atoms with Crippen LogP contribution in [0.5, 0.6) is 0 Å². The smallest absolute Gasteiger partial charge is 0.257 e. The fraction of sp³-hybridized carbons (Fsp3) is 0.200. The summed E-state index contributed by atoms with van der Waals surface area (Å²) in [6.45, 7) is 3.84. The third-order valence-electron chi connectivity index (χ3n) is 2.27. The molecule has 5 heteroatoms. The van der Waals surface area contributed by atoms with Crippen LogP contribution in [0.3, 0.4) is 0 Å². The molecular formula is C10H11N3OS. The van der Waals surface area contributed by atoms with Crippen molar-refractivity contribution in [3.63, 3.8) is 0 Å². The molecule has 0 aromatic carbocycles. The summed E-state index contributed by atoms with van der Waals surface area (Å²) in [5, 5.41) is 13.3. The van der Waals surface area contributed by atoms with E-state index in [1.807, 2.05) is 24.6 Å². The molecule has 0 saturated carbocycles. The number of nitrogens with one attached hydrogen (secondary N) is 2. The minimum absolute atomic E-state index is 0.120. The van der Waals surface area contributed by atoms with Crippen LogP contribution < -0.4 is 5.32 Å². The van der Waals surface area contributed by atoms with Gasteiger partial charge in [0.15, 0.2) is 5.82 Å². The van der Waals surface area contributed by atoms with Gasteiger partial charge < -0.3 is 5.32 Å². The molecule has 78 valence electrons. The van der Waals surface area contributed by atoms with Crippen LogP contribution in [0.25, 0.3) is 0 Å². The molecule has 0 bridgehead atoms. The van der Waals surface area contributed by atoms with Crippen molar-refractivity contribution in [1.29, 1.82) is 0 Å². The highest BCUT2D eigenvalue weighted by Crippen LogP contribution is 2.15. The summed E-state index contributed by atoms with van der Waals surface area (Å²) in [6.07, 6.45) is 0. The first kappa shape index (κ1) is 9.92. The lowest BCUT2D eigenvalue weighted by Crippen LogP contribution is -2.11. The fourth-order valence-electron chi connectivity index (χ4n) is 1.18. The average Bonchev–Trinajstić information content (AvgIpc) is 2.83. The minimum atomic E-state index is -0.120. The van der Waals surface area contributed by atoms with E-state index in [-0.39, 0.29) is 5.91 Å². The molecular weight excluding hydrogens is 210 g/mol. The van der Waals surface area contributed by atoms with Gasteiger partial charge in [0, 0.05) is 16.6 Å². The highest BCUT2D eigenvalue weighted by molar-refractivity contribution is 7.08. The largest absolute Gasteiger partial charge is 0.305 e. The van der Waals surface area contributed by atoms with Crippen LogP contribution >= 0.6 is 11.3 Å². The van der Waals surface area contributed by atoms with Crippen molar-refractivity contribution in [2.75, 3.05) is 5.32 Å². The van der Waals surface area contributed by atoms with Crippen molar-refractivity contribution >= 4 is 23.1 Å². The number of hydrogen-bond donors (Lipinski definition) is 2. The van der Waals surface area contributed by atoms with Gasteiger partial charge in [-0.3, -0.25) is 9.89 Å². The van der Waals surface area contributed by atoms with E-state index < -0.39 is 0 Å². The Balaban J connectivity index is 2.16. The van der Waals surface area contributed by atoms with E-state index in [0.717, 1.165) is 11.3 Å². The van der Waals surface area contributed by atoms with E-state index in [1.165, 1.54) is 11.3 Å². The highest BCUT2D eigenvalue weighted by atomic mass is 32.1. The number of anilines is 1. The van der Waals surface area contributed by atoms with Crippen molar-refractivity contribution in [1.82, 2.24) is 10.2 Å². The van der Waals surface area contributed by atoms with Crippen LogP contribution in [0.2, 0.25) is 0 Å². The molecule has 0 aliphatic rings. The monoisotopic (exact) mass is 221 g/mol. The van der Waals surface area contributed by atoms with Gasteiger partial charge in [0.2, 0.25) is 0 Å². The van der Waals surface area contributed by atoms with Crippen LogP contribution in [0.4, 0.5) is 5.82 Å². The quantitative estimate of drug-likeness (QED) is 0.817. The van der Waals surface area contributed by atoms with Crippen LogP contribution in [-0.2, 0) is 0 Å². The minimum Gasteiger partial charge on any atom is -0.305 e. The zero-order chi connectivity index (χ0) is 10.8. The molecule has 2 rings (SSSR count). The molecule has 0 aliphatic carbocycles. The number of amides is 1. The van der Waals surface area contributed by atoms with E-state index in [4.69, 9.17) is 0 Å². The lowest BCUT2D eigenvalue weighted by atomic mass is 10.2. The first-order valence-corrected chi connectivity index (χ1v) is 5.48. The Bertz CT molecular complexity index is 473. The highest BCUT2D eigenvalue weighted by Gasteiger charge is 2.10. The molecule has 2 aromatic heterocycles. The standard InChI is InChI=1S/C10H11N3OS/c1-6-7(2)12-13-9(6)11-10(14)8-3-4-15-5-8/h3-5H,1-2H3,(H2,11,12,13,14). The second-order valence-electron chi connectivity index (χ2n) is 3.29. The molecule has 0 unspecified atom stereocenters. The molecule has 2 heterocycles. The van der Waals surface area contributed by atoms with Gasteiger partial charge in [-0.15, -0.1) is 0 Å². The number of thiophene rings is 1. The van der Waals surface area contributed by atoms with Crippen LogP contribution in [0, 0.1) is 13.8 Å². The number of hydrogen-bond acceptors (Lipinski definition) is 3. The summed E-state index contributed by atoms with van der Waals surface area (Å²) in [6, 6.07) is 1.79. The van der Waals surface area contributed by atoms with Gasteiger partial charge in [0.25, 0.3) is 5.91 Å². The number of nitrogens with zero attached hydrogens (tertiary/aromatic N) is 1. The molecule has 4 nitrogen and oxygen atoms in total. The predicted octanol–water partition coefficient (Wildman–Crippen LogP) is 2.34. The Labute approximate surface area is 91.3 Å². The van der Waals surface area contributed by atoms with Crippen molar-refractivity contribution in [3.8, 4) is 0 Å². The normalized spacial score (nSPS) is 10.3. The zero-order valence-electron chi connectivity index (χ0n) is 8.50. The van der Waals surface area contributed by atoms with E-state index in [0.29, 0.717) is 11.4 Å². The number of carbonyl (C=O) groups excluding carboxylic acids is 1. The van der Waals surface area contributed by atoms with Gasteiger partial charge in [-0.05, 0) is 25.3 Å². The summed E-state index contributed by atoms with van der Waals surface area (Å²) in [5.74, 6) is 0.481. The van der Waals surface area contributed by atoms with Gasteiger partial charge >= 0.3 is 0 Å². The maximum absolute atomic E-state index is 11.7. The first-order chi connectivity index (χ1) is 7.18. The van der Waals surface area contributed by atoms with E-state index in [1.54, 1.807) is 6.07 Å². The van der Waals surface area contributed by atoms with Crippen LogP contribution in [-0.4, -0.2) is 16.1 Å². The number of rotatable bonds is 2. The van der Waals surface area contributed by atoms with Gasteiger partial charge in [0.05, 0.1) is 5.56 Å². The topological polar surface area (TPSA) is 57.8 Å². The second kappa shape index (κ2) is 3.86. The Kier molecular flexibility index (Phi) is 2.55. The molecule has 2 aromatic rings. The SMILES string of the molecule is Cc1[nH]nc(NC(=O)c2ccsc2)c1C. The molecule has 0 fully saturated rings. The maximum Gasteiger partial charge on any atom is 0.257 e. The van der Waals surface area contributed by atoms with Gasteiger partial charge in [-0.25, -0.2) is 0 Å². The van der Waals surface area contributed by atoms with Gasteiger partial charge in [-0.2, -0.15) is 16.4 Å². The molecule has 0 radical (unpaired) electrons. The molecule has 2 N–H and O–H groups in total. The van der Waals surface area contributed by atoms with Crippen molar-refractivity contribution in [3.05, 3.63) is 33.6 Å². The lowest BCUT2D eigenvalue weighted by Gasteiger charge is -2.00. The summed E-state index contributed by atoms with van der Waals surface area (Å²) in [7, 11) is 0. The number of aromatic nitrogens is 2. The second-order valence-corrected chi connectivity index (χ2v) is 4.07. The van der Waals surface area contributed by atoms with E-state index in [9.17, 15) is 4.79 Å². The summed E-state index contributed by atoms with van der Waals surface area (Å²) in [5.41, 5.74) is 2.61. The third kappa shape index (κ3) is 1.92. The summed E-state index contributed by atoms with van der Waals surface area (Å²) < 4.78 is 0. The fourth-order valence-corrected chi connectivity index (χ4v) is 1.82. The average molecular weight is 221 g/mol. The summed E-state index contributed by atoms with van der Waals surface area (Å²) in [4.78, 5) is 11.7. The summed E-state index contributed by atoms with van der Waals surface area (Å²) >= 11 is 1.50. The zero-order valence-corrected chi connectivity index (χ0v) is 9.31. The lowest BCUT2D eigenvalue weighted by molar-refractivity contribution is 0.102. The van der Waals surface area contributed by atoms with Gasteiger partial charge in [-0.1, -0.05) is 0 Å². The van der Waals surface area contributed by atoms with Crippen LogP contribution in [0.1, 0.15) is 21.6 Å². The van der Waals surface area contributed by atoms with Gasteiger partial charge in [0.1, 0.15) is 0 Å². The first-order valence-electron chi connectivity index (χ1n) is 4.53. The predicted molar refractivity (Wildman–Crippen MR) is 60.3 cm³/mol. The van der Waals surface area contributed by atoms with E-state index in [2.05, 4.69) is 15.5 Å². The maximum atomic E-state index is 11.7. The van der Waals surface area contributed by atoms with Crippen LogP contribution in [0.15, 0.2) is 16.8 Å². The number of aromatic amines is 1. The Morgan fingerprint density at radius 2 is 2.33 bits per heavy atom. The molecule has 0 aliphatic heterocycles. The Morgan fingerprint density at radius 1 is 1.53 bits per heavy atom.